The summed E-state index contributed by atoms with van der Waals surface area (Å²) in [6.07, 6.45) is -0.285. The maximum absolute atomic E-state index is 10.9. The van der Waals surface area contributed by atoms with Crippen LogP contribution in [0.4, 0.5) is 0 Å². The molecule has 16 heavy (non-hydrogen) atoms. The van der Waals surface area contributed by atoms with Crippen molar-refractivity contribution < 1.29 is 14.6 Å². The molecule has 0 bridgehead atoms. The molecule has 3 nitrogen and oxygen atoms in total. The Morgan fingerprint density at radius 3 is 2.88 bits per heavy atom. The van der Waals surface area contributed by atoms with E-state index in [2.05, 4.69) is 0 Å². The van der Waals surface area contributed by atoms with Gasteiger partial charge in [-0.2, -0.15) is 0 Å². The fraction of sp³-hybridized carbons (Fsp3) is 0.154. The van der Waals surface area contributed by atoms with Gasteiger partial charge in [0.1, 0.15) is 5.75 Å². The number of fused-ring (bicyclic) bond motifs is 3. The minimum Gasteiger partial charge on any atom is -0.478 e. The molecule has 1 atom stereocenters. The van der Waals surface area contributed by atoms with Crippen LogP contribution in [0.25, 0.3) is 10.8 Å². The molecule has 0 spiro atoms. The first kappa shape index (κ1) is 9.21. The predicted octanol–water partition coefficient (Wildman–Crippen LogP) is 2.23. The van der Waals surface area contributed by atoms with Crippen LogP contribution in [0.3, 0.4) is 0 Å². The lowest BCUT2D eigenvalue weighted by Crippen LogP contribution is -2.24. The Hall–Kier alpha value is -2.03. The van der Waals surface area contributed by atoms with Gasteiger partial charge >= 0.3 is 5.97 Å². The standard InChI is InChI=1S/C13H10O3/c14-13(15)12-7-10-9-4-2-1-3-8(9)5-6-11(10)16-12/h1-6,12H,7H2,(H,14,15)/t12-/m0/s1. The van der Waals surface area contributed by atoms with Gasteiger partial charge in [-0.05, 0) is 16.8 Å². The summed E-state index contributed by atoms with van der Waals surface area (Å²) < 4.78 is 5.38. The van der Waals surface area contributed by atoms with Crippen molar-refractivity contribution in [1.82, 2.24) is 0 Å². The van der Waals surface area contributed by atoms with Gasteiger partial charge in [-0.3, -0.25) is 0 Å². The Bertz CT molecular complexity index is 574. The highest BCUT2D eigenvalue weighted by Gasteiger charge is 2.29. The molecule has 3 heteroatoms. The molecule has 80 valence electrons. The Morgan fingerprint density at radius 1 is 1.25 bits per heavy atom. The number of hydrogen-bond acceptors (Lipinski definition) is 2. The number of carbonyl (C=O) groups is 1. The van der Waals surface area contributed by atoms with E-state index in [0.29, 0.717) is 12.2 Å². The SMILES string of the molecule is O=C(O)[C@@H]1Cc2c(ccc3ccccc23)O1. The van der Waals surface area contributed by atoms with Crippen LogP contribution < -0.4 is 4.74 Å². The van der Waals surface area contributed by atoms with Crippen LogP contribution in [0.2, 0.25) is 0 Å². The molecule has 1 aliphatic heterocycles. The van der Waals surface area contributed by atoms with Crippen LogP contribution in [0.1, 0.15) is 5.56 Å². The summed E-state index contributed by atoms with van der Waals surface area (Å²) >= 11 is 0. The van der Waals surface area contributed by atoms with Crippen molar-refractivity contribution in [2.75, 3.05) is 0 Å². The van der Waals surface area contributed by atoms with Gasteiger partial charge in [0.2, 0.25) is 0 Å². The average molecular weight is 214 g/mol. The minimum atomic E-state index is -0.903. The van der Waals surface area contributed by atoms with Gasteiger partial charge in [-0.25, -0.2) is 4.79 Å². The fourth-order valence-corrected chi connectivity index (χ4v) is 2.15. The minimum absolute atomic E-state index is 0.450. The van der Waals surface area contributed by atoms with Crippen LogP contribution in [0.15, 0.2) is 36.4 Å². The highest BCUT2D eigenvalue weighted by atomic mass is 16.5. The summed E-state index contributed by atoms with van der Waals surface area (Å²) in [5, 5.41) is 11.1. The molecule has 0 radical (unpaired) electrons. The van der Waals surface area contributed by atoms with Crippen molar-refractivity contribution in [2.45, 2.75) is 12.5 Å². The molecule has 0 unspecified atom stereocenters. The van der Waals surface area contributed by atoms with Crippen LogP contribution in [-0.2, 0) is 11.2 Å². The zero-order chi connectivity index (χ0) is 11.1. The van der Waals surface area contributed by atoms with Crippen molar-refractivity contribution in [3.8, 4) is 5.75 Å². The van der Waals surface area contributed by atoms with E-state index in [1.807, 2.05) is 36.4 Å². The van der Waals surface area contributed by atoms with Crippen molar-refractivity contribution >= 4 is 16.7 Å². The summed E-state index contributed by atoms with van der Waals surface area (Å²) in [6, 6.07) is 11.8. The van der Waals surface area contributed by atoms with Gasteiger partial charge in [0, 0.05) is 12.0 Å². The molecule has 1 N–H and O–H groups in total. The first-order valence-electron chi connectivity index (χ1n) is 5.16. The second-order valence-corrected chi connectivity index (χ2v) is 3.91. The third kappa shape index (κ3) is 1.25. The molecule has 2 aromatic carbocycles. The smallest absolute Gasteiger partial charge is 0.345 e. The first-order valence-corrected chi connectivity index (χ1v) is 5.16. The molecular formula is C13H10O3. The van der Waals surface area contributed by atoms with Crippen LogP contribution >= 0.6 is 0 Å². The Morgan fingerprint density at radius 2 is 2.06 bits per heavy atom. The monoisotopic (exact) mass is 214 g/mol. The molecule has 0 saturated carbocycles. The van der Waals surface area contributed by atoms with E-state index >= 15 is 0 Å². The number of carboxylic acid groups (broad SMARTS) is 1. The highest BCUT2D eigenvalue weighted by Crippen LogP contribution is 2.34. The number of carboxylic acids is 1. The lowest BCUT2D eigenvalue weighted by atomic mass is 10.0. The third-order valence-electron chi connectivity index (χ3n) is 2.93. The number of hydrogen-bond donors (Lipinski definition) is 1. The largest absolute Gasteiger partial charge is 0.478 e. The van der Waals surface area contributed by atoms with E-state index < -0.39 is 12.1 Å². The second-order valence-electron chi connectivity index (χ2n) is 3.91. The number of rotatable bonds is 1. The molecule has 0 saturated heterocycles. The molecular weight excluding hydrogens is 204 g/mol. The zero-order valence-corrected chi connectivity index (χ0v) is 8.51. The summed E-state index contributed by atoms with van der Waals surface area (Å²) in [5.41, 5.74) is 1.01. The normalized spacial score (nSPS) is 18.1. The number of aliphatic carboxylic acids is 1. The van der Waals surface area contributed by atoms with Crippen LogP contribution in [0, 0.1) is 0 Å². The maximum atomic E-state index is 10.9. The predicted molar refractivity (Wildman–Crippen MR) is 59.7 cm³/mol. The molecule has 0 aromatic heterocycles. The third-order valence-corrected chi connectivity index (χ3v) is 2.93. The van der Waals surface area contributed by atoms with Gasteiger partial charge in [0.15, 0.2) is 6.10 Å². The average Bonchev–Trinajstić information content (AvgIpc) is 2.73. The van der Waals surface area contributed by atoms with Gasteiger partial charge in [0.25, 0.3) is 0 Å². The van der Waals surface area contributed by atoms with E-state index in [-0.39, 0.29) is 0 Å². The maximum Gasteiger partial charge on any atom is 0.345 e. The summed E-state index contributed by atoms with van der Waals surface area (Å²) in [5.74, 6) is -0.202. The summed E-state index contributed by atoms with van der Waals surface area (Å²) in [7, 11) is 0. The molecule has 0 fully saturated rings. The molecule has 0 aliphatic carbocycles. The van der Waals surface area contributed by atoms with Gasteiger partial charge in [-0.1, -0.05) is 30.3 Å². The van der Waals surface area contributed by atoms with Crippen molar-refractivity contribution in [1.29, 1.82) is 0 Å². The molecule has 3 rings (SSSR count). The quantitative estimate of drug-likeness (QED) is 0.791. The lowest BCUT2D eigenvalue weighted by molar-refractivity contribution is -0.144. The van der Waals surface area contributed by atoms with Gasteiger partial charge in [-0.15, -0.1) is 0 Å². The lowest BCUT2D eigenvalue weighted by Gasteiger charge is -2.03. The van der Waals surface area contributed by atoms with Crippen molar-refractivity contribution in [3.05, 3.63) is 42.0 Å². The van der Waals surface area contributed by atoms with Crippen LogP contribution in [-0.4, -0.2) is 17.2 Å². The van der Waals surface area contributed by atoms with Crippen LogP contribution in [0.5, 0.6) is 5.75 Å². The Kier molecular flexibility index (Phi) is 1.86. The van der Waals surface area contributed by atoms with E-state index in [4.69, 9.17) is 9.84 Å². The van der Waals surface area contributed by atoms with Gasteiger partial charge < -0.3 is 9.84 Å². The van der Waals surface area contributed by atoms with Crippen molar-refractivity contribution in [2.24, 2.45) is 0 Å². The van der Waals surface area contributed by atoms with Crippen molar-refractivity contribution in [3.63, 3.8) is 0 Å². The number of ether oxygens (including phenoxy) is 1. The summed E-state index contributed by atoms with van der Waals surface area (Å²) in [4.78, 5) is 10.9. The Balaban J connectivity index is 2.17. The zero-order valence-electron chi connectivity index (χ0n) is 8.51. The van der Waals surface area contributed by atoms with E-state index in [1.165, 1.54) is 0 Å². The topological polar surface area (TPSA) is 46.5 Å². The molecule has 2 aromatic rings. The summed E-state index contributed by atoms with van der Waals surface area (Å²) in [6.45, 7) is 0. The molecule has 1 aliphatic rings. The highest BCUT2D eigenvalue weighted by molar-refractivity contribution is 5.89. The van der Waals surface area contributed by atoms with E-state index in [0.717, 1.165) is 16.3 Å². The second kappa shape index (κ2) is 3.23. The molecule has 1 heterocycles. The van der Waals surface area contributed by atoms with E-state index in [9.17, 15) is 4.79 Å². The molecule has 0 amide bonds. The van der Waals surface area contributed by atoms with Gasteiger partial charge in [0.05, 0.1) is 0 Å². The Labute approximate surface area is 92.3 Å². The van der Waals surface area contributed by atoms with E-state index in [1.54, 1.807) is 0 Å². The first-order chi connectivity index (χ1) is 7.75. The number of benzene rings is 2. The fourth-order valence-electron chi connectivity index (χ4n) is 2.15.